The van der Waals surface area contributed by atoms with Crippen molar-refractivity contribution in [1.29, 1.82) is 0 Å². The topological polar surface area (TPSA) is 17.1 Å². The van der Waals surface area contributed by atoms with Crippen LogP contribution in [0.3, 0.4) is 0 Å². The predicted octanol–water partition coefficient (Wildman–Crippen LogP) is 5.50. The Labute approximate surface area is 131 Å². The number of hydrogen-bond acceptors (Lipinski definition) is 1. The Hall–Kier alpha value is -2.41. The lowest BCUT2D eigenvalue weighted by Gasteiger charge is -2.18. The molecular weight excluding hydrogens is 268 g/mol. The summed E-state index contributed by atoms with van der Waals surface area (Å²) in [7, 11) is 0. The van der Waals surface area contributed by atoms with Gasteiger partial charge in [0.1, 0.15) is 0 Å². The van der Waals surface area contributed by atoms with Crippen molar-refractivity contribution < 1.29 is 4.79 Å². The summed E-state index contributed by atoms with van der Waals surface area (Å²) in [6.45, 7) is 5.96. The molecule has 0 aliphatic rings. The lowest BCUT2D eigenvalue weighted by atomic mass is 9.85. The minimum Gasteiger partial charge on any atom is -0.295 e. The van der Waals surface area contributed by atoms with Gasteiger partial charge in [0.15, 0.2) is 5.78 Å². The van der Waals surface area contributed by atoms with E-state index in [1.165, 1.54) is 21.9 Å². The van der Waals surface area contributed by atoms with Crippen LogP contribution in [0.1, 0.15) is 46.8 Å². The van der Waals surface area contributed by atoms with Crippen molar-refractivity contribution in [2.45, 2.75) is 26.7 Å². The molecule has 0 fully saturated rings. The van der Waals surface area contributed by atoms with E-state index in [-0.39, 0.29) is 11.7 Å². The molecule has 3 rings (SSSR count). The predicted molar refractivity (Wildman–Crippen MR) is 92.6 cm³/mol. The first-order valence-corrected chi connectivity index (χ1v) is 7.67. The van der Waals surface area contributed by atoms with Gasteiger partial charge >= 0.3 is 0 Å². The molecule has 0 bridgehead atoms. The summed E-state index contributed by atoms with van der Waals surface area (Å²) in [5.41, 5.74) is 4.48. The van der Waals surface area contributed by atoms with Gasteiger partial charge in [0, 0.05) is 11.5 Å². The maximum atomic E-state index is 11.9. The second-order valence-corrected chi connectivity index (χ2v) is 5.88. The maximum absolute atomic E-state index is 11.9. The fraction of sp³-hybridized carbons (Fsp3) is 0.190. The molecular formula is C21H20O. The summed E-state index contributed by atoms with van der Waals surface area (Å²) in [4.78, 5) is 11.9. The van der Waals surface area contributed by atoms with Crippen molar-refractivity contribution in [2.75, 3.05) is 0 Å². The molecule has 1 unspecified atom stereocenters. The van der Waals surface area contributed by atoms with Crippen molar-refractivity contribution in [3.8, 4) is 0 Å². The van der Waals surface area contributed by atoms with Crippen LogP contribution in [-0.2, 0) is 0 Å². The summed E-state index contributed by atoms with van der Waals surface area (Å²) in [6, 6.07) is 20.8. The molecule has 1 heteroatoms. The molecule has 110 valence electrons. The average Bonchev–Trinajstić information content (AvgIpc) is 2.55. The van der Waals surface area contributed by atoms with Gasteiger partial charge in [0.25, 0.3) is 0 Å². The van der Waals surface area contributed by atoms with E-state index in [4.69, 9.17) is 0 Å². The Morgan fingerprint density at radius 1 is 0.818 bits per heavy atom. The number of rotatable bonds is 3. The van der Waals surface area contributed by atoms with E-state index in [9.17, 15) is 4.79 Å². The fourth-order valence-corrected chi connectivity index (χ4v) is 3.21. The summed E-state index contributed by atoms with van der Waals surface area (Å²) >= 11 is 0. The molecule has 1 nitrogen and oxygen atoms in total. The lowest BCUT2D eigenvalue weighted by Crippen LogP contribution is -2.05. The monoisotopic (exact) mass is 288 g/mol. The largest absolute Gasteiger partial charge is 0.295 e. The van der Waals surface area contributed by atoms with E-state index >= 15 is 0 Å². The van der Waals surface area contributed by atoms with E-state index in [1.54, 1.807) is 6.92 Å². The Morgan fingerprint density at radius 2 is 1.45 bits per heavy atom. The van der Waals surface area contributed by atoms with Gasteiger partial charge in [-0.15, -0.1) is 0 Å². The zero-order valence-corrected chi connectivity index (χ0v) is 13.3. The van der Waals surface area contributed by atoms with E-state index in [0.29, 0.717) is 0 Å². The molecule has 0 radical (unpaired) electrons. The summed E-state index contributed by atoms with van der Waals surface area (Å²) in [5.74, 6) is 0.310. The molecule has 1 atom stereocenters. The molecule has 0 saturated carbocycles. The molecule has 0 aromatic heterocycles. The average molecular weight is 288 g/mol. The first-order valence-electron chi connectivity index (χ1n) is 7.67. The summed E-state index contributed by atoms with van der Waals surface area (Å²) in [5, 5.41) is 2.56. The Kier molecular flexibility index (Phi) is 3.81. The van der Waals surface area contributed by atoms with Gasteiger partial charge in [-0.3, -0.25) is 4.79 Å². The second kappa shape index (κ2) is 5.76. The number of ketones is 1. The molecule has 3 aromatic rings. The highest BCUT2D eigenvalue weighted by molar-refractivity contribution is 5.96. The number of carbonyl (C=O) groups excluding carboxylic acids is 1. The minimum absolute atomic E-state index is 0.124. The third-order valence-corrected chi connectivity index (χ3v) is 4.45. The molecule has 0 aliphatic carbocycles. The zero-order valence-electron chi connectivity index (χ0n) is 13.3. The van der Waals surface area contributed by atoms with Crippen LogP contribution in [0, 0.1) is 6.92 Å². The molecule has 22 heavy (non-hydrogen) atoms. The first-order chi connectivity index (χ1) is 10.6. The lowest BCUT2D eigenvalue weighted by molar-refractivity contribution is 0.101. The highest BCUT2D eigenvalue weighted by Crippen LogP contribution is 2.33. The van der Waals surface area contributed by atoms with Crippen molar-refractivity contribution in [1.82, 2.24) is 0 Å². The van der Waals surface area contributed by atoms with Crippen LogP contribution in [0.5, 0.6) is 0 Å². The molecule has 0 spiro atoms. The number of fused-ring (bicyclic) bond motifs is 1. The molecule has 3 aromatic carbocycles. The standard InChI is InChI=1S/C21H20O/c1-14-12-13-19(21-11-7-4-8-17(14)21)15(2)18-9-5-6-10-20(18)16(3)22/h4-13,15H,1-3H3. The van der Waals surface area contributed by atoms with Gasteiger partial charge in [0.05, 0.1) is 0 Å². The number of hydrogen-bond donors (Lipinski definition) is 0. The van der Waals surface area contributed by atoms with E-state index in [0.717, 1.165) is 11.1 Å². The number of aryl methyl sites for hydroxylation is 1. The van der Waals surface area contributed by atoms with Crippen LogP contribution >= 0.6 is 0 Å². The summed E-state index contributed by atoms with van der Waals surface area (Å²) in [6.07, 6.45) is 0. The van der Waals surface area contributed by atoms with Crippen molar-refractivity contribution in [2.24, 2.45) is 0 Å². The molecule has 0 N–H and O–H groups in total. The highest BCUT2D eigenvalue weighted by Gasteiger charge is 2.17. The number of benzene rings is 3. The van der Waals surface area contributed by atoms with Gasteiger partial charge in [-0.2, -0.15) is 0 Å². The summed E-state index contributed by atoms with van der Waals surface area (Å²) < 4.78 is 0. The third kappa shape index (κ3) is 2.43. The highest BCUT2D eigenvalue weighted by atomic mass is 16.1. The van der Waals surface area contributed by atoms with Gasteiger partial charge in [-0.05, 0) is 41.3 Å². The Morgan fingerprint density at radius 3 is 2.18 bits per heavy atom. The number of Topliss-reactive ketones (excluding diaryl/α,β-unsaturated/α-hetero) is 1. The maximum Gasteiger partial charge on any atom is 0.160 e. The van der Waals surface area contributed by atoms with Gasteiger partial charge in [-0.1, -0.05) is 67.6 Å². The smallest absolute Gasteiger partial charge is 0.160 e. The molecule has 0 heterocycles. The minimum atomic E-state index is 0.124. The SMILES string of the molecule is CC(=O)c1ccccc1C(C)c1ccc(C)c2ccccc12. The van der Waals surface area contributed by atoms with E-state index in [1.807, 2.05) is 18.2 Å². The van der Waals surface area contributed by atoms with Gasteiger partial charge in [-0.25, -0.2) is 0 Å². The fourth-order valence-electron chi connectivity index (χ4n) is 3.21. The van der Waals surface area contributed by atoms with Gasteiger partial charge in [0.2, 0.25) is 0 Å². The van der Waals surface area contributed by atoms with Crippen molar-refractivity contribution in [3.63, 3.8) is 0 Å². The van der Waals surface area contributed by atoms with Crippen LogP contribution in [0.15, 0.2) is 60.7 Å². The second-order valence-electron chi connectivity index (χ2n) is 5.88. The molecule has 0 amide bonds. The third-order valence-electron chi connectivity index (χ3n) is 4.45. The quantitative estimate of drug-likeness (QED) is 0.581. The normalized spacial score (nSPS) is 12.3. The number of carbonyl (C=O) groups is 1. The van der Waals surface area contributed by atoms with E-state index in [2.05, 4.69) is 56.3 Å². The Bertz CT molecular complexity index is 845. The van der Waals surface area contributed by atoms with Crippen LogP contribution in [0.4, 0.5) is 0 Å². The van der Waals surface area contributed by atoms with Crippen LogP contribution in [0.25, 0.3) is 10.8 Å². The van der Waals surface area contributed by atoms with Crippen molar-refractivity contribution in [3.05, 3.63) is 82.9 Å². The zero-order chi connectivity index (χ0) is 15.7. The first kappa shape index (κ1) is 14.5. The van der Waals surface area contributed by atoms with Crippen molar-refractivity contribution >= 4 is 16.6 Å². The van der Waals surface area contributed by atoms with Crippen LogP contribution in [0.2, 0.25) is 0 Å². The molecule has 0 aliphatic heterocycles. The molecule has 0 saturated heterocycles. The van der Waals surface area contributed by atoms with Gasteiger partial charge < -0.3 is 0 Å². The van der Waals surface area contributed by atoms with Crippen LogP contribution in [-0.4, -0.2) is 5.78 Å². The van der Waals surface area contributed by atoms with Crippen LogP contribution < -0.4 is 0 Å². The van der Waals surface area contributed by atoms with E-state index < -0.39 is 0 Å². The Balaban J connectivity index is 2.20.